The van der Waals surface area contributed by atoms with Crippen molar-refractivity contribution in [3.05, 3.63) is 24.3 Å². The number of amides is 1. The highest BCUT2D eigenvalue weighted by molar-refractivity contribution is 5.81. The average molecular weight is 312 g/mol. The van der Waals surface area contributed by atoms with Gasteiger partial charge >= 0.3 is 6.61 Å². The lowest BCUT2D eigenvalue weighted by atomic mass is 10.1. The van der Waals surface area contributed by atoms with Crippen LogP contribution in [-0.2, 0) is 4.79 Å². The molecule has 0 unspecified atom stereocenters. The number of ether oxygens (including phenoxy) is 1. The van der Waals surface area contributed by atoms with Crippen molar-refractivity contribution in [2.75, 3.05) is 11.9 Å². The smallest absolute Gasteiger partial charge is 0.387 e. The van der Waals surface area contributed by atoms with Crippen molar-refractivity contribution >= 4 is 11.6 Å². The van der Waals surface area contributed by atoms with Crippen LogP contribution >= 0.6 is 0 Å². The largest absolute Gasteiger partial charge is 0.435 e. The Bertz CT molecular complexity index is 458. The lowest BCUT2D eigenvalue weighted by Crippen LogP contribution is -2.38. The molecule has 1 aliphatic rings. The van der Waals surface area contributed by atoms with Crippen LogP contribution in [0.5, 0.6) is 5.75 Å². The SMILES string of the molecule is O=C(CNc1ccc(OC(F)F)cc1)NC1CCCCCC1. The second-order valence-corrected chi connectivity index (χ2v) is 5.51. The van der Waals surface area contributed by atoms with E-state index in [2.05, 4.69) is 15.4 Å². The second-order valence-electron chi connectivity index (χ2n) is 5.51. The fourth-order valence-electron chi connectivity index (χ4n) is 2.64. The third-order valence-electron chi connectivity index (χ3n) is 3.75. The zero-order valence-corrected chi connectivity index (χ0v) is 12.5. The van der Waals surface area contributed by atoms with E-state index in [0.717, 1.165) is 12.8 Å². The van der Waals surface area contributed by atoms with Crippen molar-refractivity contribution in [1.29, 1.82) is 0 Å². The molecule has 0 atom stereocenters. The van der Waals surface area contributed by atoms with Crippen molar-refractivity contribution < 1.29 is 18.3 Å². The second kappa shape index (κ2) is 8.56. The molecular formula is C16H22F2N2O2. The van der Waals surface area contributed by atoms with Gasteiger partial charge in [-0.3, -0.25) is 4.79 Å². The minimum Gasteiger partial charge on any atom is -0.435 e. The van der Waals surface area contributed by atoms with E-state index in [1.54, 1.807) is 12.1 Å². The highest BCUT2D eigenvalue weighted by atomic mass is 19.3. The molecule has 22 heavy (non-hydrogen) atoms. The number of hydrogen-bond acceptors (Lipinski definition) is 3. The molecule has 1 aliphatic carbocycles. The number of carbonyl (C=O) groups excluding carboxylic acids is 1. The highest BCUT2D eigenvalue weighted by Gasteiger charge is 2.14. The third kappa shape index (κ3) is 5.87. The normalized spacial score (nSPS) is 16.1. The standard InChI is InChI=1S/C16H22F2N2O2/c17-16(18)22-14-9-7-12(8-10-14)19-11-15(21)20-13-5-3-1-2-4-6-13/h7-10,13,16,19H,1-6,11H2,(H,20,21). The number of hydrogen-bond donors (Lipinski definition) is 2. The van der Waals surface area contributed by atoms with Gasteiger partial charge in [0.05, 0.1) is 6.54 Å². The summed E-state index contributed by atoms with van der Waals surface area (Å²) in [6, 6.07) is 6.38. The summed E-state index contributed by atoms with van der Waals surface area (Å²) in [7, 11) is 0. The van der Waals surface area contributed by atoms with Crippen LogP contribution in [0, 0.1) is 0 Å². The molecule has 1 amide bonds. The number of halogens is 2. The van der Waals surface area contributed by atoms with Gasteiger partial charge in [-0.25, -0.2) is 0 Å². The summed E-state index contributed by atoms with van der Waals surface area (Å²) in [4.78, 5) is 11.9. The summed E-state index contributed by atoms with van der Waals surface area (Å²) in [6.07, 6.45) is 6.93. The van der Waals surface area contributed by atoms with Crippen LogP contribution in [0.4, 0.5) is 14.5 Å². The number of benzene rings is 1. The van der Waals surface area contributed by atoms with Gasteiger partial charge < -0.3 is 15.4 Å². The van der Waals surface area contributed by atoms with Gasteiger partial charge in [0, 0.05) is 11.7 Å². The molecule has 6 heteroatoms. The zero-order chi connectivity index (χ0) is 15.8. The summed E-state index contributed by atoms with van der Waals surface area (Å²) in [6.45, 7) is -2.66. The van der Waals surface area contributed by atoms with Gasteiger partial charge in [-0.2, -0.15) is 8.78 Å². The van der Waals surface area contributed by atoms with Gasteiger partial charge in [0.25, 0.3) is 0 Å². The Kier molecular flexibility index (Phi) is 6.43. The first-order valence-electron chi connectivity index (χ1n) is 7.71. The van der Waals surface area contributed by atoms with Crippen LogP contribution in [0.25, 0.3) is 0 Å². The first-order valence-corrected chi connectivity index (χ1v) is 7.71. The van der Waals surface area contributed by atoms with Crippen LogP contribution in [0.2, 0.25) is 0 Å². The Morgan fingerprint density at radius 2 is 1.77 bits per heavy atom. The molecule has 1 saturated carbocycles. The molecule has 1 fully saturated rings. The van der Waals surface area contributed by atoms with Crippen molar-refractivity contribution in [3.8, 4) is 5.75 Å². The molecule has 2 N–H and O–H groups in total. The predicted octanol–water partition coefficient (Wildman–Crippen LogP) is 3.54. The number of rotatable bonds is 6. The van der Waals surface area contributed by atoms with Crippen LogP contribution in [0.1, 0.15) is 38.5 Å². The van der Waals surface area contributed by atoms with E-state index in [1.165, 1.54) is 37.8 Å². The summed E-state index contributed by atoms with van der Waals surface area (Å²) in [5, 5.41) is 6.02. The highest BCUT2D eigenvalue weighted by Crippen LogP contribution is 2.18. The van der Waals surface area contributed by atoms with E-state index in [-0.39, 0.29) is 24.2 Å². The minimum atomic E-state index is -2.83. The van der Waals surface area contributed by atoms with Gasteiger partial charge in [-0.1, -0.05) is 25.7 Å². The lowest BCUT2D eigenvalue weighted by molar-refractivity contribution is -0.120. The molecule has 0 aromatic heterocycles. The van der Waals surface area contributed by atoms with Crippen LogP contribution in [0.3, 0.4) is 0 Å². The number of alkyl halides is 2. The zero-order valence-electron chi connectivity index (χ0n) is 12.5. The Morgan fingerprint density at radius 1 is 1.14 bits per heavy atom. The van der Waals surface area contributed by atoms with Crippen molar-refractivity contribution in [3.63, 3.8) is 0 Å². The molecule has 0 bridgehead atoms. The minimum absolute atomic E-state index is 0.0418. The molecule has 1 aromatic carbocycles. The number of nitrogens with one attached hydrogen (secondary N) is 2. The van der Waals surface area contributed by atoms with Gasteiger partial charge in [-0.15, -0.1) is 0 Å². The Hall–Kier alpha value is -1.85. The number of anilines is 1. The van der Waals surface area contributed by atoms with Crippen molar-refractivity contribution in [2.24, 2.45) is 0 Å². The monoisotopic (exact) mass is 312 g/mol. The van der Waals surface area contributed by atoms with Crippen LogP contribution in [-0.4, -0.2) is 25.1 Å². The van der Waals surface area contributed by atoms with Gasteiger partial charge in [0.15, 0.2) is 0 Å². The van der Waals surface area contributed by atoms with E-state index >= 15 is 0 Å². The molecule has 2 rings (SSSR count). The Balaban J connectivity index is 1.73. The summed E-state index contributed by atoms with van der Waals surface area (Å²) < 4.78 is 28.3. The van der Waals surface area contributed by atoms with E-state index < -0.39 is 6.61 Å². The molecular weight excluding hydrogens is 290 g/mol. The Morgan fingerprint density at radius 3 is 2.36 bits per heavy atom. The quantitative estimate of drug-likeness (QED) is 0.790. The molecule has 0 heterocycles. The molecule has 0 saturated heterocycles. The van der Waals surface area contributed by atoms with Gasteiger partial charge in [-0.05, 0) is 37.1 Å². The van der Waals surface area contributed by atoms with Crippen molar-refractivity contribution in [1.82, 2.24) is 5.32 Å². The topological polar surface area (TPSA) is 50.4 Å². The van der Waals surface area contributed by atoms with E-state index in [0.29, 0.717) is 5.69 Å². The van der Waals surface area contributed by atoms with E-state index in [1.807, 2.05) is 0 Å². The fourth-order valence-corrected chi connectivity index (χ4v) is 2.64. The predicted molar refractivity (Wildman–Crippen MR) is 81.2 cm³/mol. The molecule has 0 spiro atoms. The maximum Gasteiger partial charge on any atom is 0.387 e. The summed E-state index contributed by atoms with van der Waals surface area (Å²) in [5.41, 5.74) is 0.692. The molecule has 122 valence electrons. The molecule has 1 aromatic rings. The first-order chi connectivity index (χ1) is 10.6. The summed E-state index contributed by atoms with van der Waals surface area (Å²) >= 11 is 0. The lowest BCUT2D eigenvalue weighted by Gasteiger charge is -2.16. The van der Waals surface area contributed by atoms with E-state index in [4.69, 9.17) is 0 Å². The summed E-state index contributed by atoms with van der Waals surface area (Å²) in [5.74, 6) is 0.0586. The maximum absolute atomic E-state index is 12.0. The maximum atomic E-state index is 12.0. The number of carbonyl (C=O) groups is 1. The molecule has 0 aliphatic heterocycles. The average Bonchev–Trinajstić information content (AvgIpc) is 2.74. The van der Waals surface area contributed by atoms with Crippen LogP contribution in [0.15, 0.2) is 24.3 Å². The van der Waals surface area contributed by atoms with Gasteiger partial charge in [0.1, 0.15) is 5.75 Å². The third-order valence-corrected chi connectivity index (χ3v) is 3.75. The fraction of sp³-hybridized carbons (Fsp3) is 0.562. The Labute approximate surface area is 129 Å². The van der Waals surface area contributed by atoms with Gasteiger partial charge in [0.2, 0.25) is 5.91 Å². The first kappa shape index (κ1) is 16.5. The van der Waals surface area contributed by atoms with Crippen LogP contribution < -0.4 is 15.4 Å². The molecule has 0 radical (unpaired) electrons. The van der Waals surface area contributed by atoms with E-state index in [9.17, 15) is 13.6 Å². The van der Waals surface area contributed by atoms with Crippen molar-refractivity contribution in [2.45, 2.75) is 51.2 Å². The molecule has 4 nitrogen and oxygen atoms in total.